The third-order valence-electron chi connectivity index (χ3n) is 3.39. The van der Waals surface area contributed by atoms with Crippen LogP contribution in [0.25, 0.3) is 22.6 Å². The number of methoxy groups -OCH3 is 1. The van der Waals surface area contributed by atoms with Gasteiger partial charge < -0.3 is 14.8 Å². The fourth-order valence-electron chi connectivity index (χ4n) is 2.30. The Hall–Kier alpha value is -2.75. The molecule has 0 radical (unpaired) electrons. The largest absolute Gasteiger partial charge is 0.507 e. The van der Waals surface area contributed by atoms with Gasteiger partial charge in [-0.1, -0.05) is 30.3 Å². The number of rotatable bonds is 3. The number of nitrogens with zero attached hydrogens (tertiary/aromatic N) is 1. The molecule has 1 aromatic heterocycles. The highest BCUT2D eigenvalue weighted by Gasteiger charge is 2.13. The molecule has 2 aromatic carbocycles. The number of aryl methyl sites for hydroxylation is 1. The highest BCUT2D eigenvalue weighted by molar-refractivity contribution is 5.71. The summed E-state index contributed by atoms with van der Waals surface area (Å²) in [7, 11) is 1.57. The van der Waals surface area contributed by atoms with Crippen molar-refractivity contribution in [1.82, 2.24) is 9.97 Å². The number of aromatic nitrogens is 2. The fraction of sp³-hybridized carbons (Fsp3) is 0.118. The molecule has 2 N–H and O–H groups in total. The Kier molecular flexibility index (Phi) is 3.36. The van der Waals surface area contributed by atoms with Gasteiger partial charge in [-0.3, -0.25) is 0 Å². The maximum absolute atomic E-state index is 10.1. The third kappa shape index (κ3) is 2.48. The molecule has 0 spiro atoms. The van der Waals surface area contributed by atoms with Gasteiger partial charge in [0, 0.05) is 17.3 Å². The van der Waals surface area contributed by atoms with Crippen LogP contribution < -0.4 is 4.74 Å². The summed E-state index contributed by atoms with van der Waals surface area (Å²) < 4.78 is 5.09. The number of aromatic hydroxyl groups is 1. The number of hydrogen-bond acceptors (Lipinski definition) is 3. The predicted octanol–water partition coefficient (Wildman–Crippen LogP) is 3.77. The summed E-state index contributed by atoms with van der Waals surface area (Å²) in [6.07, 6.45) is 0. The van der Waals surface area contributed by atoms with Gasteiger partial charge in [-0.05, 0) is 19.1 Å². The second-order valence-electron chi connectivity index (χ2n) is 4.81. The molecular weight excluding hydrogens is 264 g/mol. The highest BCUT2D eigenvalue weighted by Crippen LogP contribution is 2.33. The first-order valence-corrected chi connectivity index (χ1v) is 6.68. The van der Waals surface area contributed by atoms with E-state index in [-0.39, 0.29) is 5.75 Å². The minimum Gasteiger partial charge on any atom is -0.507 e. The van der Waals surface area contributed by atoms with Crippen molar-refractivity contribution >= 4 is 0 Å². The number of imidazole rings is 1. The van der Waals surface area contributed by atoms with Crippen LogP contribution in [0.5, 0.6) is 11.5 Å². The van der Waals surface area contributed by atoms with E-state index in [0.29, 0.717) is 17.1 Å². The molecule has 4 nitrogen and oxygen atoms in total. The van der Waals surface area contributed by atoms with E-state index >= 15 is 0 Å². The number of nitrogens with one attached hydrogen (secondary N) is 1. The molecule has 0 aliphatic heterocycles. The Morgan fingerprint density at radius 1 is 1.10 bits per heavy atom. The molecule has 0 fully saturated rings. The van der Waals surface area contributed by atoms with E-state index in [2.05, 4.69) is 9.97 Å². The number of H-pyrrole nitrogens is 1. The van der Waals surface area contributed by atoms with Crippen molar-refractivity contribution in [3.05, 3.63) is 54.2 Å². The standard InChI is InChI=1S/C17H16N2O2/c1-11-16(12-6-4-3-5-7-12)19-17(18-11)14-9-8-13(21-2)10-15(14)20/h3-10,20H,1-2H3,(H,18,19). The molecule has 3 rings (SSSR count). The van der Waals surface area contributed by atoms with Gasteiger partial charge in [-0.25, -0.2) is 4.98 Å². The maximum atomic E-state index is 10.1. The van der Waals surface area contributed by atoms with Gasteiger partial charge >= 0.3 is 0 Å². The molecule has 0 aliphatic rings. The summed E-state index contributed by atoms with van der Waals surface area (Å²) in [5.74, 6) is 1.40. The summed E-state index contributed by atoms with van der Waals surface area (Å²) in [4.78, 5) is 7.84. The summed E-state index contributed by atoms with van der Waals surface area (Å²) >= 11 is 0. The van der Waals surface area contributed by atoms with Gasteiger partial charge in [0.15, 0.2) is 0 Å². The lowest BCUT2D eigenvalue weighted by Crippen LogP contribution is -1.86. The van der Waals surface area contributed by atoms with Gasteiger partial charge in [-0.15, -0.1) is 0 Å². The van der Waals surface area contributed by atoms with Gasteiger partial charge in [0.05, 0.1) is 18.4 Å². The number of phenols is 1. The van der Waals surface area contributed by atoms with Crippen molar-refractivity contribution in [2.45, 2.75) is 6.92 Å². The molecule has 0 atom stereocenters. The quantitative estimate of drug-likeness (QED) is 0.768. The van der Waals surface area contributed by atoms with E-state index in [1.807, 2.05) is 37.3 Å². The van der Waals surface area contributed by atoms with Crippen LogP contribution in [0.2, 0.25) is 0 Å². The van der Waals surface area contributed by atoms with Crippen LogP contribution in [-0.2, 0) is 0 Å². The zero-order valence-corrected chi connectivity index (χ0v) is 11.9. The van der Waals surface area contributed by atoms with Crippen LogP contribution in [-0.4, -0.2) is 22.2 Å². The van der Waals surface area contributed by atoms with E-state index in [1.54, 1.807) is 25.3 Å². The topological polar surface area (TPSA) is 58.1 Å². The minimum absolute atomic E-state index is 0.141. The lowest BCUT2D eigenvalue weighted by Gasteiger charge is -2.04. The minimum atomic E-state index is 0.141. The van der Waals surface area contributed by atoms with E-state index in [4.69, 9.17) is 4.74 Å². The average molecular weight is 280 g/mol. The molecule has 0 saturated heterocycles. The molecule has 4 heteroatoms. The predicted molar refractivity (Wildman–Crippen MR) is 82.4 cm³/mol. The van der Waals surface area contributed by atoms with Crippen LogP contribution >= 0.6 is 0 Å². The summed E-state index contributed by atoms with van der Waals surface area (Å²) in [6, 6.07) is 15.1. The van der Waals surface area contributed by atoms with Crippen LogP contribution in [0.1, 0.15) is 5.69 Å². The van der Waals surface area contributed by atoms with Crippen molar-refractivity contribution < 1.29 is 9.84 Å². The Labute approximate surface area is 123 Å². The third-order valence-corrected chi connectivity index (χ3v) is 3.39. The zero-order valence-electron chi connectivity index (χ0n) is 11.9. The SMILES string of the molecule is COc1ccc(-c2nc(-c3ccccc3)c(C)[nH]2)c(O)c1. The van der Waals surface area contributed by atoms with Crippen LogP contribution in [0.3, 0.4) is 0 Å². The first kappa shape index (κ1) is 13.2. The van der Waals surface area contributed by atoms with Gasteiger partial charge in [0.2, 0.25) is 0 Å². The zero-order chi connectivity index (χ0) is 14.8. The summed E-state index contributed by atoms with van der Waals surface area (Å²) in [5.41, 5.74) is 3.55. The number of ether oxygens (including phenoxy) is 1. The van der Waals surface area contributed by atoms with Crippen molar-refractivity contribution in [2.75, 3.05) is 7.11 Å². The molecule has 0 bridgehead atoms. The molecule has 21 heavy (non-hydrogen) atoms. The smallest absolute Gasteiger partial charge is 0.142 e. The lowest BCUT2D eigenvalue weighted by molar-refractivity contribution is 0.408. The Morgan fingerprint density at radius 2 is 1.86 bits per heavy atom. The number of benzene rings is 2. The first-order valence-electron chi connectivity index (χ1n) is 6.68. The van der Waals surface area contributed by atoms with Gasteiger partial charge in [0.25, 0.3) is 0 Å². The van der Waals surface area contributed by atoms with Crippen LogP contribution in [0.15, 0.2) is 48.5 Å². The fourth-order valence-corrected chi connectivity index (χ4v) is 2.30. The van der Waals surface area contributed by atoms with Crippen molar-refractivity contribution in [1.29, 1.82) is 0 Å². The molecule has 1 heterocycles. The van der Waals surface area contributed by atoms with E-state index in [0.717, 1.165) is 17.0 Å². The number of phenolic OH excluding ortho intramolecular Hbond substituents is 1. The molecular formula is C17H16N2O2. The normalized spacial score (nSPS) is 10.6. The molecule has 0 amide bonds. The Morgan fingerprint density at radius 3 is 2.52 bits per heavy atom. The monoisotopic (exact) mass is 280 g/mol. The average Bonchev–Trinajstić information content (AvgIpc) is 2.89. The Balaban J connectivity index is 2.05. The van der Waals surface area contributed by atoms with Gasteiger partial charge in [-0.2, -0.15) is 0 Å². The molecule has 106 valence electrons. The first-order chi connectivity index (χ1) is 10.2. The molecule has 0 unspecified atom stereocenters. The summed E-state index contributed by atoms with van der Waals surface area (Å²) in [6.45, 7) is 1.97. The maximum Gasteiger partial charge on any atom is 0.142 e. The van der Waals surface area contributed by atoms with E-state index in [1.165, 1.54) is 0 Å². The van der Waals surface area contributed by atoms with Crippen molar-refractivity contribution in [3.8, 4) is 34.1 Å². The number of aromatic amines is 1. The summed E-state index contributed by atoms with van der Waals surface area (Å²) in [5, 5.41) is 10.1. The lowest BCUT2D eigenvalue weighted by atomic mass is 10.1. The number of hydrogen-bond donors (Lipinski definition) is 2. The molecule has 3 aromatic rings. The highest BCUT2D eigenvalue weighted by atomic mass is 16.5. The van der Waals surface area contributed by atoms with Crippen molar-refractivity contribution in [2.24, 2.45) is 0 Å². The van der Waals surface area contributed by atoms with Gasteiger partial charge in [0.1, 0.15) is 17.3 Å². The second-order valence-corrected chi connectivity index (χ2v) is 4.81. The molecule has 0 saturated carbocycles. The second kappa shape index (κ2) is 5.32. The van der Waals surface area contributed by atoms with Crippen molar-refractivity contribution in [3.63, 3.8) is 0 Å². The van der Waals surface area contributed by atoms with Crippen LogP contribution in [0.4, 0.5) is 0 Å². The Bertz CT molecular complexity index is 764. The molecule has 0 aliphatic carbocycles. The van der Waals surface area contributed by atoms with E-state index in [9.17, 15) is 5.11 Å². The van der Waals surface area contributed by atoms with Crippen LogP contribution in [0, 0.1) is 6.92 Å². The van der Waals surface area contributed by atoms with E-state index < -0.39 is 0 Å².